The molecule has 0 unspecified atom stereocenters. The number of ether oxygens (including phenoxy) is 1. The zero-order valence-electron chi connectivity index (χ0n) is 15.7. The van der Waals surface area contributed by atoms with Crippen molar-refractivity contribution in [3.8, 4) is 0 Å². The maximum atomic E-state index is 12.6. The van der Waals surface area contributed by atoms with E-state index in [9.17, 15) is 9.59 Å². The third-order valence-corrected chi connectivity index (χ3v) is 5.11. The van der Waals surface area contributed by atoms with E-state index in [1.807, 2.05) is 43.0 Å². The molecular formula is C20H29N3O3. The Morgan fingerprint density at radius 1 is 1.12 bits per heavy atom. The summed E-state index contributed by atoms with van der Waals surface area (Å²) in [5, 5.41) is 3.01. The van der Waals surface area contributed by atoms with Gasteiger partial charge in [-0.15, -0.1) is 0 Å². The van der Waals surface area contributed by atoms with Crippen LogP contribution >= 0.6 is 0 Å². The number of morpholine rings is 1. The van der Waals surface area contributed by atoms with Gasteiger partial charge >= 0.3 is 0 Å². The summed E-state index contributed by atoms with van der Waals surface area (Å²) < 4.78 is 5.38. The fourth-order valence-corrected chi connectivity index (χ4v) is 3.58. The number of likely N-dealkylation sites (tertiary alicyclic amines) is 1. The molecule has 142 valence electrons. The number of hydrogen-bond donors (Lipinski definition) is 1. The van der Waals surface area contributed by atoms with E-state index in [1.165, 1.54) is 0 Å². The lowest BCUT2D eigenvalue weighted by Crippen LogP contribution is -2.45. The highest BCUT2D eigenvalue weighted by molar-refractivity contribution is 5.93. The van der Waals surface area contributed by atoms with Gasteiger partial charge in [-0.3, -0.25) is 9.59 Å². The minimum atomic E-state index is -0.134. The van der Waals surface area contributed by atoms with Crippen molar-refractivity contribution >= 4 is 23.2 Å². The Kier molecular flexibility index (Phi) is 6.14. The van der Waals surface area contributed by atoms with Gasteiger partial charge in [0, 0.05) is 43.5 Å². The Hall–Kier alpha value is -2.08. The Balaban J connectivity index is 1.56. The van der Waals surface area contributed by atoms with Crippen LogP contribution in [0.4, 0.5) is 11.4 Å². The summed E-state index contributed by atoms with van der Waals surface area (Å²) in [6.07, 6.45) is 1.71. The average Bonchev–Trinajstić information content (AvgIpc) is 2.68. The standard InChI is InChI=1S/C20H29N3O3/c1-15(2)20(25)23-9-3-4-16(14-23)19(24)21-17-5-7-18(8-6-17)22-10-12-26-13-11-22/h5-8,15-16H,3-4,9-14H2,1-2H3,(H,21,24)/t16-/m1/s1. The van der Waals surface area contributed by atoms with E-state index in [1.54, 1.807) is 0 Å². The number of anilines is 2. The number of benzene rings is 1. The summed E-state index contributed by atoms with van der Waals surface area (Å²) in [4.78, 5) is 28.9. The van der Waals surface area contributed by atoms with E-state index in [0.29, 0.717) is 6.54 Å². The van der Waals surface area contributed by atoms with Crippen LogP contribution in [0.3, 0.4) is 0 Å². The highest BCUT2D eigenvalue weighted by atomic mass is 16.5. The number of nitrogens with one attached hydrogen (secondary N) is 1. The quantitative estimate of drug-likeness (QED) is 0.896. The van der Waals surface area contributed by atoms with Crippen LogP contribution in [-0.2, 0) is 14.3 Å². The van der Waals surface area contributed by atoms with Crippen molar-refractivity contribution in [2.45, 2.75) is 26.7 Å². The van der Waals surface area contributed by atoms with Gasteiger partial charge in [0.2, 0.25) is 11.8 Å². The van der Waals surface area contributed by atoms with Crippen molar-refractivity contribution in [2.75, 3.05) is 49.6 Å². The predicted octanol–water partition coefficient (Wildman–Crippen LogP) is 2.36. The Labute approximate surface area is 155 Å². The van der Waals surface area contributed by atoms with Crippen LogP contribution < -0.4 is 10.2 Å². The predicted molar refractivity (Wildman–Crippen MR) is 102 cm³/mol. The molecule has 1 aromatic rings. The molecule has 0 aromatic heterocycles. The molecule has 0 spiro atoms. The molecule has 0 radical (unpaired) electrons. The highest BCUT2D eigenvalue weighted by Gasteiger charge is 2.29. The lowest BCUT2D eigenvalue weighted by atomic mass is 9.96. The smallest absolute Gasteiger partial charge is 0.229 e. The molecule has 2 saturated heterocycles. The molecule has 26 heavy (non-hydrogen) atoms. The maximum Gasteiger partial charge on any atom is 0.229 e. The normalized spacial score (nSPS) is 21.0. The summed E-state index contributed by atoms with van der Waals surface area (Å²) in [6, 6.07) is 7.97. The van der Waals surface area contributed by atoms with Gasteiger partial charge in [-0.05, 0) is 37.1 Å². The van der Waals surface area contributed by atoms with Crippen molar-refractivity contribution < 1.29 is 14.3 Å². The van der Waals surface area contributed by atoms with E-state index in [0.717, 1.165) is 57.1 Å². The van der Waals surface area contributed by atoms with Crippen molar-refractivity contribution in [3.05, 3.63) is 24.3 Å². The zero-order chi connectivity index (χ0) is 18.5. The number of nitrogens with zero attached hydrogens (tertiary/aromatic N) is 2. The molecule has 0 bridgehead atoms. The van der Waals surface area contributed by atoms with Crippen molar-refractivity contribution in [2.24, 2.45) is 11.8 Å². The second-order valence-electron chi connectivity index (χ2n) is 7.41. The first-order valence-electron chi connectivity index (χ1n) is 9.57. The maximum absolute atomic E-state index is 12.6. The monoisotopic (exact) mass is 359 g/mol. The summed E-state index contributed by atoms with van der Waals surface area (Å²) in [7, 11) is 0. The largest absolute Gasteiger partial charge is 0.378 e. The molecule has 2 heterocycles. The van der Waals surface area contributed by atoms with Gasteiger partial charge in [0.15, 0.2) is 0 Å². The molecule has 2 aliphatic heterocycles. The van der Waals surface area contributed by atoms with Crippen LogP contribution in [0, 0.1) is 11.8 Å². The summed E-state index contributed by atoms with van der Waals surface area (Å²) in [5.41, 5.74) is 1.96. The van der Waals surface area contributed by atoms with Gasteiger partial charge in [0.05, 0.1) is 19.1 Å². The highest BCUT2D eigenvalue weighted by Crippen LogP contribution is 2.22. The molecule has 1 N–H and O–H groups in total. The second-order valence-corrected chi connectivity index (χ2v) is 7.41. The fraction of sp³-hybridized carbons (Fsp3) is 0.600. The Bertz CT molecular complexity index is 624. The molecule has 0 aliphatic carbocycles. The van der Waals surface area contributed by atoms with Gasteiger partial charge in [-0.2, -0.15) is 0 Å². The first-order chi connectivity index (χ1) is 12.5. The van der Waals surface area contributed by atoms with Crippen molar-refractivity contribution in [1.82, 2.24) is 4.90 Å². The number of piperidine rings is 1. The first-order valence-corrected chi connectivity index (χ1v) is 9.57. The number of hydrogen-bond acceptors (Lipinski definition) is 4. The lowest BCUT2D eigenvalue weighted by molar-refractivity contribution is -0.137. The SMILES string of the molecule is CC(C)C(=O)N1CCC[C@@H](C(=O)Nc2ccc(N3CCOCC3)cc2)C1. The van der Waals surface area contributed by atoms with Crippen LogP contribution in [-0.4, -0.2) is 56.1 Å². The fourth-order valence-electron chi connectivity index (χ4n) is 3.58. The van der Waals surface area contributed by atoms with E-state index < -0.39 is 0 Å². The summed E-state index contributed by atoms with van der Waals surface area (Å²) in [5.74, 6) is -0.0161. The molecule has 0 saturated carbocycles. The number of carbonyl (C=O) groups excluding carboxylic acids is 2. The topological polar surface area (TPSA) is 61.9 Å². The number of rotatable bonds is 4. The van der Waals surface area contributed by atoms with Crippen molar-refractivity contribution in [1.29, 1.82) is 0 Å². The van der Waals surface area contributed by atoms with Gasteiger partial charge in [-0.25, -0.2) is 0 Å². The molecule has 6 nitrogen and oxygen atoms in total. The summed E-state index contributed by atoms with van der Waals surface area (Å²) >= 11 is 0. The molecule has 1 aromatic carbocycles. The van der Waals surface area contributed by atoms with Gasteiger partial charge in [-0.1, -0.05) is 13.8 Å². The van der Waals surface area contributed by atoms with Crippen LogP contribution in [0.2, 0.25) is 0 Å². The Morgan fingerprint density at radius 2 is 1.81 bits per heavy atom. The zero-order valence-corrected chi connectivity index (χ0v) is 15.7. The van der Waals surface area contributed by atoms with E-state index in [-0.39, 0.29) is 23.7 Å². The lowest BCUT2D eigenvalue weighted by Gasteiger charge is -2.33. The Morgan fingerprint density at radius 3 is 2.46 bits per heavy atom. The molecule has 2 fully saturated rings. The molecule has 6 heteroatoms. The third-order valence-electron chi connectivity index (χ3n) is 5.11. The van der Waals surface area contributed by atoms with E-state index >= 15 is 0 Å². The summed E-state index contributed by atoms with van der Waals surface area (Å²) in [6.45, 7) is 8.40. The van der Waals surface area contributed by atoms with Gasteiger partial charge in [0.1, 0.15) is 0 Å². The third kappa shape index (κ3) is 4.55. The van der Waals surface area contributed by atoms with Crippen LogP contribution in [0.1, 0.15) is 26.7 Å². The van der Waals surface area contributed by atoms with Gasteiger partial charge in [0.25, 0.3) is 0 Å². The average molecular weight is 359 g/mol. The van der Waals surface area contributed by atoms with E-state index in [4.69, 9.17) is 4.74 Å². The van der Waals surface area contributed by atoms with Crippen LogP contribution in [0.15, 0.2) is 24.3 Å². The minimum absolute atomic E-state index is 0.00498. The molecule has 1 atom stereocenters. The molecule has 3 rings (SSSR count). The van der Waals surface area contributed by atoms with Crippen molar-refractivity contribution in [3.63, 3.8) is 0 Å². The van der Waals surface area contributed by atoms with Gasteiger partial charge < -0.3 is 19.9 Å². The number of carbonyl (C=O) groups is 2. The number of amides is 2. The first kappa shape index (κ1) is 18.7. The van der Waals surface area contributed by atoms with Crippen LogP contribution in [0.5, 0.6) is 0 Å². The second kappa shape index (κ2) is 8.54. The molecule has 2 amide bonds. The van der Waals surface area contributed by atoms with Crippen LogP contribution in [0.25, 0.3) is 0 Å². The molecular weight excluding hydrogens is 330 g/mol. The minimum Gasteiger partial charge on any atom is -0.378 e. The van der Waals surface area contributed by atoms with E-state index in [2.05, 4.69) is 10.2 Å². The molecule has 2 aliphatic rings.